The summed E-state index contributed by atoms with van der Waals surface area (Å²) in [5.41, 5.74) is 1.27. The van der Waals surface area contributed by atoms with E-state index in [0.29, 0.717) is 0 Å². The van der Waals surface area contributed by atoms with Crippen molar-refractivity contribution in [2.75, 3.05) is 14.2 Å². The molecule has 0 atom stereocenters. The number of ether oxygens (including phenoxy) is 1. The van der Waals surface area contributed by atoms with E-state index >= 15 is 0 Å². The molecule has 0 amide bonds. The van der Waals surface area contributed by atoms with Crippen LogP contribution in [0.25, 0.3) is 0 Å². The van der Waals surface area contributed by atoms with Gasteiger partial charge in [-0.05, 0) is 24.1 Å². The molecule has 1 aromatic rings. The number of methoxy groups -OCH3 is 1. The highest BCUT2D eigenvalue weighted by Crippen LogP contribution is 2.14. The first-order valence-corrected chi connectivity index (χ1v) is 4.44. The Hall–Kier alpha value is -0.380. The minimum atomic E-state index is 0.722. The van der Waals surface area contributed by atoms with E-state index in [4.69, 9.17) is 4.74 Å². The lowest BCUT2D eigenvalue weighted by Gasteiger charge is -1.92. The molecule has 0 aliphatic heterocycles. The Morgan fingerprint density at radius 2 is 2.45 bits per heavy atom. The first-order chi connectivity index (χ1) is 5.36. The van der Waals surface area contributed by atoms with Gasteiger partial charge in [0, 0.05) is 18.5 Å². The van der Waals surface area contributed by atoms with Gasteiger partial charge in [-0.25, -0.2) is 0 Å². The van der Waals surface area contributed by atoms with E-state index in [9.17, 15) is 0 Å². The van der Waals surface area contributed by atoms with Crippen molar-refractivity contribution in [3.63, 3.8) is 0 Å². The third kappa shape index (κ3) is 2.61. The molecule has 0 bridgehead atoms. The minimum absolute atomic E-state index is 0.722. The summed E-state index contributed by atoms with van der Waals surface area (Å²) in [5, 5.41) is 5.24. The maximum absolute atomic E-state index is 5.01. The average molecular weight is 171 g/mol. The molecule has 0 aliphatic carbocycles. The molecule has 2 nitrogen and oxygen atoms in total. The van der Waals surface area contributed by atoms with Crippen LogP contribution in [-0.2, 0) is 17.9 Å². The Kier molecular flexibility index (Phi) is 3.56. The smallest absolute Gasteiger partial charge is 0.0721 e. The third-order valence-corrected chi connectivity index (χ3v) is 2.36. The van der Waals surface area contributed by atoms with Crippen molar-refractivity contribution in [2.24, 2.45) is 0 Å². The van der Waals surface area contributed by atoms with Crippen LogP contribution >= 0.6 is 11.3 Å². The number of rotatable bonds is 4. The Morgan fingerprint density at radius 3 is 3.09 bits per heavy atom. The molecule has 3 heteroatoms. The molecule has 0 aliphatic rings. The molecule has 0 aromatic carbocycles. The van der Waals surface area contributed by atoms with E-state index in [0.717, 1.165) is 13.2 Å². The van der Waals surface area contributed by atoms with Gasteiger partial charge in [-0.2, -0.15) is 0 Å². The van der Waals surface area contributed by atoms with E-state index in [1.165, 1.54) is 10.4 Å². The zero-order valence-corrected chi connectivity index (χ0v) is 7.70. The number of nitrogens with one attached hydrogen (secondary N) is 1. The summed E-state index contributed by atoms with van der Waals surface area (Å²) < 4.78 is 5.01. The quantitative estimate of drug-likeness (QED) is 0.743. The van der Waals surface area contributed by atoms with Crippen LogP contribution in [0, 0.1) is 0 Å². The fourth-order valence-electron chi connectivity index (χ4n) is 0.935. The summed E-state index contributed by atoms with van der Waals surface area (Å²) in [6.07, 6.45) is 0. The van der Waals surface area contributed by atoms with E-state index in [-0.39, 0.29) is 0 Å². The molecule has 0 unspecified atom stereocenters. The van der Waals surface area contributed by atoms with Crippen LogP contribution in [-0.4, -0.2) is 14.2 Å². The summed E-state index contributed by atoms with van der Waals surface area (Å²) in [4.78, 5) is 1.36. The molecule has 0 fully saturated rings. The molecular formula is C8H13NOS. The van der Waals surface area contributed by atoms with Crippen LogP contribution in [0.2, 0.25) is 0 Å². The molecule has 11 heavy (non-hydrogen) atoms. The molecule has 0 saturated heterocycles. The predicted octanol–water partition coefficient (Wildman–Crippen LogP) is 1.61. The first kappa shape index (κ1) is 8.71. The maximum Gasteiger partial charge on any atom is 0.0721 e. The lowest BCUT2D eigenvalue weighted by atomic mass is 10.3. The van der Waals surface area contributed by atoms with Crippen LogP contribution in [0.3, 0.4) is 0 Å². The van der Waals surface area contributed by atoms with E-state index in [1.54, 1.807) is 18.4 Å². The largest absolute Gasteiger partial charge is 0.380 e. The molecule has 1 aromatic heterocycles. The van der Waals surface area contributed by atoms with E-state index in [1.807, 2.05) is 7.05 Å². The summed E-state index contributed by atoms with van der Waals surface area (Å²) >= 11 is 1.77. The van der Waals surface area contributed by atoms with Crippen LogP contribution in [0.5, 0.6) is 0 Å². The van der Waals surface area contributed by atoms with Gasteiger partial charge < -0.3 is 10.1 Å². The normalized spacial score (nSPS) is 10.4. The second kappa shape index (κ2) is 4.49. The van der Waals surface area contributed by atoms with Crippen LogP contribution in [0.15, 0.2) is 11.4 Å². The van der Waals surface area contributed by atoms with Crippen molar-refractivity contribution in [2.45, 2.75) is 13.2 Å². The van der Waals surface area contributed by atoms with Gasteiger partial charge in [-0.3, -0.25) is 0 Å². The fourth-order valence-corrected chi connectivity index (χ4v) is 1.82. The monoisotopic (exact) mass is 171 g/mol. The van der Waals surface area contributed by atoms with Gasteiger partial charge >= 0.3 is 0 Å². The molecule has 1 heterocycles. The Balaban J connectivity index is 2.51. The highest BCUT2D eigenvalue weighted by Gasteiger charge is 1.97. The zero-order chi connectivity index (χ0) is 8.10. The SMILES string of the molecule is CNCc1cc(COC)cs1. The van der Waals surface area contributed by atoms with Crippen molar-refractivity contribution >= 4 is 11.3 Å². The van der Waals surface area contributed by atoms with Gasteiger partial charge in [0.1, 0.15) is 0 Å². The summed E-state index contributed by atoms with van der Waals surface area (Å²) in [6, 6.07) is 2.17. The van der Waals surface area contributed by atoms with E-state index in [2.05, 4.69) is 16.8 Å². The summed E-state index contributed by atoms with van der Waals surface area (Å²) in [6.45, 7) is 1.68. The van der Waals surface area contributed by atoms with Crippen LogP contribution in [0.1, 0.15) is 10.4 Å². The number of hydrogen-bond donors (Lipinski definition) is 1. The van der Waals surface area contributed by atoms with Crippen molar-refractivity contribution in [3.05, 3.63) is 21.9 Å². The Labute approximate surface area is 71.2 Å². The molecular weight excluding hydrogens is 158 g/mol. The average Bonchev–Trinajstić information content (AvgIpc) is 2.38. The van der Waals surface area contributed by atoms with Gasteiger partial charge in [0.2, 0.25) is 0 Å². The molecule has 1 rings (SSSR count). The maximum atomic E-state index is 5.01. The third-order valence-electron chi connectivity index (χ3n) is 1.37. The lowest BCUT2D eigenvalue weighted by molar-refractivity contribution is 0.185. The van der Waals surface area contributed by atoms with Crippen molar-refractivity contribution in [1.82, 2.24) is 5.32 Å². The van der Waals surface area contributed by atoms with Crippen LogP contribution < -0.4 is 5.32 Å². The highest BCUT2D eigenvalue weighted by atomic mass is 32.1. The minimum Gasteiger partial charge on any atom is -0.380 e. The van der Waals surface area contributed by atoms with E-state index < -0.39 is 0 Å². The predicted molar refractivity (Wildman–Crippen MR) is 47.8 cm³/mol. The first-order valence-electron chi connectivity index (χ1n) is 3.56. The standard InChI is InChI=1S/C8H13NOS/c1-9-4-8-3-7(5-10-2)6-11-8/h3,6,9H,4-5H2,1-2H3. The zero-order valence-electron chi connectivity index (χ0n) is 6.89. The fraction of sp³-hybridized carbons (Fsp3) is 0.500. The lowest BCUT2D eigenvalue weighted by Crippen LogP contribution is -2.02. The van der Waals surface area contributed by atoms with Gasteiger partial charge in [-0.1, -0.05) is 0 Å². The van der Waals surface area contributed by atoms with Crippen LogP contribution in [0.4, 0.5) is 0 Å². The molecule has 0 saturated carbocycles. The van der Waals surface area contributed by atoms with Crippen molar-refractivity contribution < 1.29 is 4.74 Å². The second-order valence-electron chi connectivity index (χ2n) is 2.38. The van der Waals surface area contributed by atoms with Gasteiger partial charge in [-0.15, -0.1) is 11.3 Å². The summed E-state index contributed by atoms with van der Waals surface area (Å²) in [5.74, 6) is 0. The molecule has 62 valence electrons. The van der Waals surface area contributed by atoms with Crippen molar-refractivity contribution in [1.29, 1.82) is 0 Å². The Bertz CT molecular complexity index is 189. The molecule has 0 spiro atoms. The van der Waals surface area contributed by atoms with Gasteiger partial charge in [0.05, 0.1) is 6.61 Å². The van der Waals surface area contributed by atoms with Crippen molar-refractivity contribution in [3.8, 4) is 0 Å². The molecule has 0 radical (unpaired) electrons. The highest BCUT2D eigenvalue weighted by molar-refractivity contribution is 7.10. The number of thiophene rings is 1. The Morgan fingerprint density at radius 1 is 1.64 bits per heavy atom. The second-order valence-corrected chi connectivity index (χ2v) is 3.38. The van der Waals surface area contributed by atoms with Gasteiger partial charge in [0.25, 0.3) is 0 Å². The molecule has 1 N–H and O–H groups in total. The summed E-state index contributed by atoms with van der Waals surface area (Å²) in [7, 11) is 3.67. The topological polar surface area (TPSA) is 21.3 Å². The number of hydrogen-bond acceptors (Lipinski definition) is 3. The van der Waals surface area contributed by atoms with Gasteiger partial charge in [0.15, 0.2) is 0 Å².